The lowest BCUT2D eigenvalue weighted by Gasteiger charge is -2.25. The van der Waals surface area contributed by atoms with Crippen molar-refractivity contribution in [2.45, 2.75) is 18.9 Å². The molecule has 0 aliphatic heterocycles. The predicted molar refractivity (Wildman–Crippen MR) is 91.1 cm³/mol. The molecule has 1 amide bonds. The third-order valence-electron chi connectivity index (χ3n) is 3.80. The first-order valence-corrected chi connectivity index (χ1v) is 9.47. The Morgan fingerprint density at radius 3 is 2.44 bits per heavy atom. The lowest BCUT2D eigenvalue weighted by Crippen LogP contribution is -2.33. The number of hydrogen-bond donors (Lipinski definition) is 1. The van der Waals surface area contributed by atoms with Crippen molar-refractivity contribution in [2.24, 2.45) is 0 Å². The minimum Gasteiger partial charge on any atom is -0.320 e. The van der Waals surface area contributed by atoms with Gasteiger partial charge in [-0.25, -0.2) is 17.2 Å². The van der Waals surface area contributed by atoms with E-state index < -0.39 is 27.6 Å². The zero-order valence-electron chi connectivity index (χ0n) is 13.4. The number of carbonyl (C=O) groups is 1. The second-order valence-corrected chi connectivity index (χ2v) is 7.74. The Labute approximate surface area is 144 Å². The number of amides is 1. The van der Waals surface area contributed by atoms with Gasteiger partial charge >= 0.3 is 0 Å². The molecule has 1 aliphatic rings. The molecule has 5 nitrogen and oxygen atoms in total. The van der Waals surface area contributed by atoms with Gasteiger partial charge in [0.1, 0.15) is 11.6 Å². The second kappa shape index (κ2) is 6.44. The van der Waals surface area contributed by atoms with Gasteiger partial charge in [0.15, 0.2) is 0 Å². The van der Waals surface area contributed by atoms with Crippen molar-refractivity contribution < 1.29 is 22.0 Å². The zero-order valence-corrected chi connectivity index (χ0v) is 14.2. The first-order valence-electron chi connectivity index (χ1n) is 7.62. The van der Waals surface area contributed by atoms with Crippen molar-refractivity contribution in [3.63, 3.8) is 0 Å². The molecule has 0 radical (unpaired) electrons. The molecule has 8 heteroatoms. The van der Waals surface area contributed by atoms with Crippen LogP contribution in [0.5, 0.6) is 0 Å². The molecule has 0 atom stereocenters. The molecule has 0 saturated heterocycles. The van der Waals surface area contributed by atoms with Crippen LogP contribution in [-0.2, 0) is 10.0 Å². The van der Waals surface area contributed by atoms with E-state index in [2.05, 4.69) is 5.32 Å². The van der Waals surface area contributed by atoms with Crippen molar-refractivity contribution >= 4 is 27.3 Å². The van der Waals surface area contributed by atoms with Crippen LogP contribution in [0.2, 0.25) is 0 Å². The summed E-state index contributed by atoms with van der Waals surface area (Å²) in [5.41, 5.74) is -0.0725. The molecule has 1 saturated carbocycles. The fourth-order valence-corrected chi connectivity index (χ4v) is 3.86. The molecular formula is C17H16F2N2O3S. The van der Waals surface area contributed by atoms with Gasteiger partial charge in [-0.2, -0.15) is 0 Å². The van der Waals surface area contributed by atoms with E-state index in [-0.39, 0.29) is 23.0 Å². The van der Waals surface area contributed by atoms with Gasteiger partial charge in [0.05, 0.1) is 23.2 Å². The summed E-state index contributed by atoms with van der Waals surface area (Å²) in [6, 6.07) is 8.59. The first kappa shape index (κ1) is 17.3. The molecule has 132 valence electrons. The van der Waals surface area contributed by atoms with Crippen molar-refractivity contribution in [3.05, 3.63) is 59.7 Å². The largest absolute Gasteiger partial charge is 0.320 e. The topological polar surface area (TPSA) is 66.5 Å². The summed E-state index contributed by atoms with van der Waals surface area (Å²) in [4.78, 5) is 12.3. The molecule has 1 N–H and O–H groups in total. The third kappa shape index (κ3) is 3.79. The van der Waals surface area contributed by atoms with E-state index >= 15 is 0 Å². The molecule has 0 heterocycles. The van der Waals surface area contributed by atoms with Crippen molar-refractivity contribution in [3.8, 4) is 0 Å². The van der Waals surface area contributed by atoms with Crippen LogP contribution in [0.15, 0.2) is 42.5 Å². The number of carbonyl (C=O) groups excluding carboxylic acids is 1. The second-order valence-electron chi connectivity index (χ2n) is 5.89. The molecule has 3 rings (SSSR count). The van der Waals surface area contributed by atoms with Crippen LogP contribution in [0.4, 0.5) is 20.2 Å². The number of halogens is 2. The monoisotopic (exact) mass is 366 g/mol. The van der Waals surface area contributed by atoms with E-state index in [1.165, 1.54) is 28.6 Å². The molecule has 0 aromatic heterocycles. The van der Waals surface area contributed by atoms with E-state index in [9.17, 15) is 22.0 Å². The van der Waals surface area contributed by atoms with Gasteiger partial charge in [0.25, 0.3) is 5.91 Å². The molecule has 2 aromatic rings. The van der Waals surface area contributed by atoms with E-state index in [1.54, 1.807) is 0 Å². The van der Waals surface area contributed by atoms with Crippen LogP contribution < -0.4 is 9.62 Å². The average molecular weight is 366 g/mol. The highest BCUT2D eigenvalue weighted by Crippen LogP contribution is 2.38. The van der Waals surface area contributed by atoms with Gasteiger partial charge in [-0.3, -0.25) is 9.10 Å². The maximum Gasteiger partial charge on any atom is 0.258 e. The lowest BCUT2D eigenvalue weighted by atomic mass is 10.2. The van der Waals surface area contributed by atoms with Crippen LogP contribution in [-0.4, -0.2) is 26.6 Å². The molecule has 25 heavy (non-hydrogen) atoms. The molecule has 0 unspecified atom stereocenters. The third-order valence-corrected chi connectivity index (χ3v) is 5.01. The summed E-state index contributed by atoms with van der Waals surface area (Å²) in [6.07, 6.45) is 2.42. The first-order chi connectivity index (χ1) is 11.8. The van der Waals surface area contributed by atoms with Crippen LogP contribution >= 0.6 is 0 Å². The predicted octanol–water partition coefficient (Wildman–Crippen LogP) is 3.15. The Kier molecular flexibility index (Phi) is 4.47. The molecule has 0 spiro atoms. The minimum absolute atomic E-state index is 0.0226. The number of hydrogen-bond acceptors (Lipinski definition) is 3. The number of nitrogens with one attached hydrogen (secondary N) is 1. The van der Waals surface area contributed by atoms with Crippen molar-refractivity contribution in [1.29, 1.82) is 0 Å². The van der Waals surface area contributed by atoms with E-state index in [0.29, 0.717) is 12.8 Å². The Bertz CT molecular complexity index is 927. The Balaban J connectivity index is 2.00. The number of nitrogens with zero attached hydrogens (tertiary/aromatic N) is 1. The summed E-state index contributed by atoms with van der Waals surface area (Å²) >= 11 is 0. The Morgan fingerprint density at radius 2 is 1.84 bits per heavy atom. The SMILES string of the molecule is CS(=O)(=O)N(c1ccc(F)cc1NC(=O)c1ccccc1F)C1CC1. The number of rotatable bonds is 5. The Morgan fingerprint density at radius 1 is 1.16 bits per heavy atom. The minimum atomic E-state index is -3.61. The summed E-state index contributed by atoms with van der Waals surface area (Å²) in [5.74, 6) is -2.15. The highest BCUT2D eigenvalue weighted by molar-refractivity contribution is 7.92. The van der Waals surface area contributed by atoms with Crippen LogP contribution in [0.1, 0.15) is 23.2 Å². The summed E-state index contributed by atoms with van der Waals surface area (Å²) in [5, 5.41) is 2.42. The smallest absolute Gasteiger partial charge is 0.258 e. The Hall–Kier alpha value is -2.48. The number of sulfonamides is 1. The maximum atomic E-state index is 13.8. The van der Waals surface area contributed by atoms with Crippen LogP contribution in [0.3, 0.4) is 0 Å². The highest BCUT2D eigenvalue weighted by atomic mass is 32.2. The van der Waals surface area contributed by atoms with Gasteiger partial charge in [0.2, 0.25) is 10.0 Å². The van der Waals surface area contributed by atoms with Crippen molar-refractivity contribution in [2.75, 3.05) is 15.9 Å². The maximum absolute atomic E-state index is 13.8. The van der Waals surface area contributed by atoms with Gasteiger partial charge in [-0.15, -0.1) is 0 Å². The fourth-order valence-electron chi connectivity index (χ4n) is 2.59. The van der Waals surface area contributed by atoms with E-state index in [0.717, 1.165) is 24.5 Å². The molecule has 0 bridgehead atoms. The molecule has 2 aromatic carbocycles. The quantitative estimate of drug-likeness (QED) is 0.884. The van der Waals surface area contributed by atoms with Crippen molar-refractivity contribution in [1.82, 2.24) is 0 Å². The highest BCUT2D eigenvalue weighted by Gasteiger charge is 2.36. The number of anilines is 2. The van der Waals surface area contributed by atoms with E-state index in [4.69, 9.17) is 0 Å². The van der Waals surface area contributed by atoms with Crippen LogP contribution in [0, 0.1) is 11.6 Å². The summed E-state index contributed by atoms with van der Waals surface area (Å²) < 4.78 is 52.8. The lowest BCUT2D eigenvalue weighted by molar-refractivity contribution is 0.102. The fraction of sp³-hybridized carbons (Fsp3) is 0.235. The summed E-state index contributed by atoms with van der Waals surface area (Å²) in [6.45, 7) is 0. The summed E-state index contributed by atoms with van der Waals surface area (Å²) in [7, 11) is -3.61. The average Bonchev–Trinajstić information content (AvgIpc) is 3.33. The standard InChI is InChI=1S/C17H16F2N2O3S/c1-25(23,24)21(12-7-8-12)16-9-6-11(18)10-15(16)20-17(22)13-4-2-3-5-14(13)19/h2-6,9-10,12H,7-8H2,1H3,(H,20,22). The number of benzene rings is 2. The normalized spacial score (nSPS) is 14.2. The van der Waals surface area contributed by atoms with Gasteiger partial charge in [0, 0.05) is 6.04 Å². The van der Waals surface area contributed by atoms with Gasteiger partial charge in [-0.05, 0) is 43.2 Å². The zero-order chi connectivity index (χ0) is 18.2. The van der Waals surface area contributed by atoms with Crippen LogP contribution in [0.25, 0.3) is 0 Å². The molecule has 1 fully saturated rings. The molecule has 1 aliphatic carbocycles. The van der Waals surface area contributed by atoms with E-state index in [1.807, 2.05) is 0 Å². The van der Waals surface area contributed by atoms with Gasteiger partial charge < -0.3 is 5.32 Å². The molecular weight excluding hydrogens is 350 g/mol. The van der Waals surface area contributed by atoms with Gasteiger partial charge in [-0.1, -0.05) is 12.1 Å².